The van der Waals surface area contributed by atoms with Crippen LogP contribution in [0.3, 0.4) is 0 Å². The van der Waals surface area contributed by atoms with Crippen molar-refractivity contribution in [2.24, 2.45) is 7.05 Å². The van der Waals surface area contributed by atoms with Crippen LogP contribution in [0.2, 0.25) is 0 Å². The van der Waals surface area contributed by atoms with E-state index in [1.54, 1.807) is 0 Å². The zero-order valence-electron chi connectivity index (χ0n) is 15.8. The molecule has 0 saturated carbocycles. The highest BCUT2D eigenvalue weighted by Crippen LogP contribution is 2.31. The van der Waals surface area contributed by atoms with Crippen molar-refractivity contribution in [2.75, 3.05) is 32.8 Å². The van der Waals surface area contributed by atoms with Gasteiger partial charge in [0.1, 0.15) is 17.5 Å². The van der Waals surface area contributed by atoms with Gasteiger partial charge >= 0.3 is 0 Å². The Balaban J connectivity index is 1.32. The number of morpholine rings is 1. The van der Waals surface area contributed by atoms with Gasteiger partial charge in [0, 0.05) is 52.0 Å². The van der Waals surface area contributed by atoms with Crippen LogP contribution in [-0.2, 0) is 31.3 Å². The van der Waals surface area contributed by atoms with Gasteiger partial charge in [-0.2, -0.15) is 5.10 Å². The quantitative estimate of drug-likeness (QED) is 0.857. The van der Waals surface area contributed by atoms with E-state index in [0.717, 1.165) is 82.6 Å². The maximum absolute atomic E-state index is 6.27. The SMILES string of the molecule is CCc1n[nH]c(CN2CCOC3(CCN(Cc4nccn4C)CC3)C2)n1. The van der Waals surface area contributed by atoms with E-state index in [2.05, 4.69) is 48.5 Å². The minimum Gasteiger partial charge on any atom is -0.372 e. The van der Waals surface area contributed by atoms with Crippen LogP contribution in [0.1, 0.15) is 37.2 Å². The van der Waals surface area contributed by atoms with Crippen LogP contribution in [0.15, 0.2) is 12.4 Å². The van der Waals surface area contributed by atoms with Gasteiger partial charge in [0.2, 0.25) is 0 Å². The van der Waals surface area contributed by atoms with Crippen LogP contribution in [0.25, 0.3) is 0 Å². The van der Waals surface area contributed by atoms with Crippen molar-refractivity contribution in [2.45, 2.75) is 44.9 Å². The van der Waals surface area contributed by atoms with Crippen LogP contribution in [0, 0.1) is 0 Å². The van der Waals surface area contributed by atoms with Crippen LogP contribution in [0.5, 0.6) is 0 Å². The van der Waals surface area contributed by atoms with E-state index in [0.29, 0.717) is 0 Å². The molecule has 0 atom stereocenters. The average Bonchev–Trinajstić information content (AvgIpc) is 3.26. The first kappa shape index (κ1) is 17.6. The molecular weight excluding hydrogens is 330 g/mol. The highest BCUT2D eigenvalue weighted by atomic mass is 16.5. The zero-order valence-corrected chi connectivity index (χ0v) is 15.8. The van der Waals surface area contributed by atoms with E-state index in [9.17, 15) is 0 Å². The molecule has 1 spiro atoms. The predicted molar refractivity (Wildman–Crippen MR) is 97.4 cm³/mol. The summed E-state index contributed by atoms with van der Waals surface area (Å²) in [6.07, 6.45) is 6.90. The molecule has 2 aliphatic heterocycles. The molecule has 2 aromatic heterocycles. The molecule has 1 N–H and O–H groups in total. The highest BCUT2D eigenvalue weighted by Gasteiger charge is 2.39. The molecule has 26 heavy (non-hydrogen) atoms. The Labute approximate surface area is 154 Å². The van der Waals surface area contributed by atoms with Gasteiger partial charge in [0.05, 0.1) is 25.3 Å². The molecular formula is C18H29N7O. The third-order valence-corrected chi connectivity index (χ3v) is 5.65. The number of H-pyrrole nitrogens is 1. The normalized spacial score (nSPS) is 21.5. The molecule has 2 aromatic rings. The lowest BCUT2D eigenvalue weighted by Gasteiger charge is -2.47. The van der Waals surface area contributed by atoms with Gasteiger partial charge in [-0.3, -0.25) is 14.9 Å². The molecule has 2 aliphatic rings. The second kappa shape index (κ2) is 7.46. The Hall–Kier alpha value is -1.77. The van der Waals surface area contributed by atoms with Crippen LogP contribution >= 0.6 is 0 Å². The second-order valence-corrected chi connectivity index (χ2v) is 7.52. The van der Waals surface area contributed by atoms with Crippen molar-refractivity contribution in [3.63, 3.8) is 0 Å². The van der Waals surface area contributed by atoms with Crippen molar-refractivity contribution in [3.8, 4) is 0 Å². The fourth-order valence-corrected chi connectivity index (χ4v) is 4.00. The number of hydrogen-bond acceptors (Lipinski definition) is 6. The Kier molecular flexibility index (Phi) is 5.06. The van der Waals surface area contributed by atoms with E-state index in [4.69, 9.17) is 4.74 Å². The Morgan fingerprint density at radius 2 is 2.04 bits per heavy atom. The first-order valence-corrected chi connectivity index (χ1v) is 9.61. The number of nitrogens with one attached hydrogen (secondary N) is 1. The van der Waals surface area contributed by atoms with Gasteiger partial charge in [0.15, 0.2) is 0 Å². The number of piperidine rings is 1. The maximum Gasteiger partial charge on any atom is 0.150 e. The number of aryl methyl sites for hydroxylation is 2. The van der Waals surface area contributed by atoms with E-state index >= 15 is 0 Å². The van der Waals surface area contributed by atoms with Gasteiger partial charge in [-0.1, -0.05) is 6.92 Å². The topological polar surface area (TPSA) is 75.1 Å². The molecule has 2 fully saturated rings. The highest BCUT2D eigenvalue weighted by molar-refractivity contribution is 4.97. The van der Waals surface area contributed by atoms with Crippen LogP contribution in [-0.4, -0.2) is 72.9 Å². The summed E-state index contributed by atoms with van der Waals surface area (Å²) in [5.74, 6) is 2.99. The number of likely N-dealkylation sites (tertiary alicyclic amines) is 1. The second-order valence-electron chi connectivity index (χ2n) is 7.52. The first-order valence-electron chi connectivity index (χ1n) is 9.61. The summed E-state index contributed by atoms with van der Waals surface area (Å²) in [6.45, 7) is 8.68. The van der Waals surface area contributed by atoms with Crippen molar-refractivity contribution in [1.29, 1.82) is 0 Å². The molecule has 4 heterocycles. The summed E-state index contributed by atoms with van der Waals surface area (Å²) < 4.78 is 8.37. The summed E-state index contributed by atoms with van der Waals surface area (Å²) in [4.78, 5) is 13.9. The van der Waals surface area contributed by atoms with Crippen molar-refractivity contribution in [1.82, 2.24) is 34.5 Å². The largest absolute Gasteiger partial charge is 0.372 e. The standard InChI is InChI=1S/C18H29N7O/c1-3-15-20-16(22-21-15)12-25-10-11-26-18(14-25)4-7-24(8-5-18)13-17-19-6-9-23(17)2/h6,9H,3-5,7-8,10-14H2,1-2H3,(H,20,21,22). The fraction of sp³-hybridized carbons (Fsp3) is 0.722. The summed E-state index contributed by atoms with van der Waals surface area (Å²) in [7, 11) is 2.06. The lowest BCUT2D eigenvalue weighted by Crippen LogP contribution is -2.56. The van der Waals surface area contributed by atoms with Crippen LogP contribution < -0.4 is 0 Å². The van der Waals surface area contributed by atoms with Gasteiger partial charge in [-0.25, -0.2) is 9.97 Å². The minimum atomic E-state index is -0.00993. The number of aromatic amines is 1. The van der Waals surface area contributed by atoms with Gasteiger partial charge in [-0.15, -0.1) is 0 Å². The first-order chi connectivity index (χ1) is 12.7. The smallest absolute Gasteiger partial charge is 0.150 e. The molecule has 2 saturated heterocycles. The van der Waals surface area contributed by atoms with Crippen molar-refractivity contribution < 1.29 is 4.74 Å². The number of ether oxygens (including phenoxy) is 1. The molecule has 8 nitrogen and oxygen atoms in total. The Morgan fingerprint density at radius 3 is 2.73 bits per heavy atom. The van der Waals surface area contributed by atoms with Crippen LogP contribution in [0.4, 0.5) is 0 Å². The molecule has 0 aliphatic carbocycles. The minimum absolute atomic E-state index is 0.00993. The number of aromatic nitrogens is 5. The molecule has 0 aromatic carbocycles. The van der Waals surface area contributed by atoms with E-state index in [1.807, 2.05) is 12.4 Å². The van der Waals surface area contributed by atoms with Crippen molar-refractivity contribution in [3.05, 3.63) is 29.9 Å². The van der Waals surface area contributed by atoms with E-state index in [1.165, 1.54) is 0 Å². The average molecular weight is 359 g/mol. The van der Waals surface area contributed by atoms with E-state index < -0.39 is 0 Å². The summed E-state index contributed by atoms with van der Waals surface area (Å²) in [6, 6.07) is 0. The predicted octanol–water partition coefficient (Wildman–Crippen LogP) is 0.968. The molecule has 0 amide bonds. The Morgan fingerprint density at radius 1 is 1.19 bits per heavy atom. The number of nitrogens with zero attached hydrogens (tertiary/aromatic N) is 6. The third-order valence-electron chi connectivity index (χ3n) is 5.65. The summed E-state index contributed by atoms with van der Waals surface area (Å²) in [5.41, 5.74) is -0.00993. The van der Waals surface area contributed by atoms with E-state index in [-0.39, 0.29) is 5.60 Å². The summed E-state index contributed by atoms with van der Waals surface area (Å²) >= 11 is 0. The Bertz CT molecular complexity index is 717. The summed E-state index contributed by atoms with van der Waals surface area (Å²) in [5, 5.41) is 7.32. The lowest BCUT2D eigenvalue weighted by atomic mass is 9.89. The monoisotopic (exact) mass is 359 g/mol. The number of imidazole rings is 1. The fourth-order valence-electron chi connectivity index (χ4n) is 4.00. The third kappa shape index (κ3) is 3.82. The molecule has 0 radical (unpaired) electrons. The number of rotatable bonds is 5. The molecule has 142 valence electrons. The zero-order chi connectivity index (χ0) is 18.0. The van der Waals surface area contributed by atoms with Gasteiger partial charge < -0.3 is 9.30 Å². The molecule has 0 unspecified atom stereocenters. The molecule has 0 bridgehead atoms. The van der Waals surface area contributed by atoms with Gasteiger partial charge in [-0.05, 0) is 12.8 Å². The van der Waals surface area contributed by atoms with Gasteiger partial charge in [0.25, 0.3) is 0 Å². The molecule has 4 rings (SSSR count). The van der Waals surface area contributed by atoms with Crippen molar-refractivity contribution >= 4 is 0 Å². The molecule has 8 heteroatoms. The maximum atomic E-state index is 6.27. The lowest BCUT2D eigenvalue weighted by molar-refractivity contribution is -0.138. The number of hydrogen-bond donors (Lipinski definition) is 1.